The number of rotatable bonds is 2. The first kappa shape index (κ1) is 12.8. The number of nitrogens with zero attached hydrogens (tertiary/aromatic N) is 2. The van der Waals surface area contributed by atoms with Crippen LogP contribution in [0.1, 0.15) is 5.56 Å². The summed E-state index contributed by atoms with van der Waals surface area (Å²) in [6, 6.07) is 4.64. The Kier molecular flexibility index (Phi) is 3.47. The van der Waals surface area contributed by atoms with Crippen LogP contribution in [-0.4, -0.2) is 42.5 Å². The molecule has 0 radical (unpaired) electrons. The minimum Gasteiger partial charge on any atom is -0.389 e. The molecule has 1 fully saturated rings. The van der Waals surface area contributed by atoms with E-state index >= 15 is 0 Å². The highest BCUT2D eigenvalue weighted by atomic mass is 32.1. The number of benzene rings is 1. The smallest absolute Gasteiger partial charge is 0.241 e. The Morgan fingerprint density at radius 1 is 1.44 bits per heavy atom. The molecule has 1 aromatic rings. The van der Waals surface area contributed by atoms with E-state index in [2.05, 4.69) is 0 Å². The van der Waals surface area contributed by atoms with Crippen LogP contribution in [0.5, 0.6) is 0 Å². The number of thiocarbonyl (C=S) groups is 1. The van der Waals surface area contributed by atoms with E-state index in [9.17, 15) is 9.18 Å². The van der Waals surface area contributed by atoms with Crippen molar-refractivity contribution in [1.29, 1.82) is 0 Å². The van der Waals surface area contributed by atoms with E-state index in [0.717, 1.165) is 0 Å². The van der Waals surface area contributed by atoms with Crippen LogP contribution in [-0.2, 0) is 4.79 Å². The molecule has 0 bridgehead atoms. The van der Waals surface area contributed by atoms with Crippen LogP contribution < -0.4 is 10.6 Å². The Morgan fingerprint density at radius 3 is 2.78 bits per heavy atom. The molecule has 0 atom stereocenters. The Bertz CT molecular complexity index is 506. The molecule has 0 saturated carbocycles. The second-order valence-corrected chi connectivity index (χ2v) is 4.67. The maximum Gasteiger partial charge on any atom is 0.241 e. The van der Waals surface area contributed by atoms with Gasteiger partial charge in [0.25, 0.3) is 0 Å². The second-order valence-electron chi connectivity index (χ2n) is 4.24. The number of piperazine rings is 1. The molecular formula is C12H14FN3OS. The summed E-state index contributed by atoms with van der Waals surface area (Å²) in [5.74, 6) is -0.453. The molecule has 1 aliphatic rings. The van der Waals surface area contributed by atoms with Gasteiger partial charge in [0.2, 0.25) is 5.91 Å². The SMILES string of the molecule is CN1CCN(c2cccc(F)c2C(N)=S)CC1=O. The fourth-order valence-electron chi connectivity index (χ4n) is 1.98. The summed E-state index contributed by atoms with van der Waals surface area (Å²) in [5.41, 5.74) is 6.35. The summed E-state index contributed by atoms with van der Waals surface area (Å²) in [4.78, 5) is 15.1. The van der Waals surface area contributed by atoms with Crippen LogP contribution in [0, 0.1) is 5.82 Å². The number of carbonyl (C=O) groups excluding carboxylic acids is 1. The van der Waals surface area contributed by atoms with E-state index in [4.69, 9.17) is 18.0 Å². The zero-order valence-corrected chi connectivity index (χ0v) is 10.8. The summed E-state index contributed by atoms with van der Waals surface area (Å²) in [6.07, 6.45) is 0. The van der Waals surface area contributed by atoms with E-state index in [1.54, 1.807) is 29.0 Å². The first-order valence-electron chi connectivity index (χ1n) is 5.58. The molecule has 18 heavy (non-hydrogen) atoms. The average Bonchev–Trinajstić information content (AvgIpc) is 2.32. The van der Waals surface area contributed by atoms with Crippen molar-refractivity contribution in [2.24, 2.45) is 5.73 Å². The highest BCUT2D eigenvalue weighted by Gasteiger charge is 2.24. The monoisotopic (exact) mass is 267 g/mol. The lowest BCUT2D eigenvalue weighted by Crippen LogP contribution is -2.49. The van der Waals surface area contributed by atoms with Gasteiger partial charge in [0.1, 0.15) is 10.8 Å². The van der Waals surface area contributed by atoms with Crippen LogP contribution in [0.3, 0.4) is 0 Å². The molecule has 1 aliphatic heterocycles. The van der Waals surface area contributed by atoms with Gasteiger partial charge in [-0.25, -0.2) is 4.39 Å². The highest BCUT2D eigenvalue weighted by molar-refractivity contribution is 7.80. The lowest BCUT2D eigenvalue weighted by molar-refractivity contribution is -0.129. The van der Waals surface area contributed by atoms with Gasteiger partial charge in [0.05, 0.1) is 17.8 Å². The van der Waals surface area contributed by atoms with Crippen LogP contribution in [0.2, 0.25) is 0 Å². The summed E-state index contributed by atoms with van der Waals surface area (Å²) in [7, 11) is 1.75. The topological polar surface area (TPSA) is 49.6 Å². The van der Waals surface area contributed by atoms with E-state index in [1.165, 1.54) is 6.07 Å². The van der Waals surface area contributed by atoms with E-state index < -0.39 is 5.82 Å². The van der Waals surface area contributed by atoms with E-state index in [1.807, 2.05) is 0 Å². The molecule has 4 nitrogen and oxygen atoms in total. The molecule has 0 spiro atoms. The number of likely N-dealkylation sites (N-methyl/N-ethyl adjacent to an activating group) is 1. The van der Waals surface area contributed by atoms with Gasteiger partial charge in [-0.3, -0.25) is 4.79 Å². The third-order valence-corrected chi connectivity index (χ3v) is 3.24. The molecule has 96 valence electrons. The molecule has 6 heteroatoms. The van der Waals surface area contributed by atoms with Crippen LogP contribution in [0.25, 0.3) is 0 Å². The van der Waals surface area contributed by atoms with Crippen molar-refractivity contribution >= 4 is 28.8 Å². The minimum absolute atomic E-state index is 0.000555. The molecule has 1 amide bonds. The molecule has 1 heterocycles. The summed E-state index contributed by atoms with van der Waals surface area (Å²) in [5, 5.41) is 0. The van der Waals surface area contributed by atoms with Crippen molar-refractivity contribution in [2.45, 2.75) is 0 Å². The highest BCUT2D eigenvalue weighted by Crippen LogP contribution is 2.24. The van der Waals surface area contributed by atoms with Crippen molar-refractivity contribution in [3.8, 4) is 0 Å². The number of carbonyl (C=O) groups is 1. The fourth-order valence-corrected chi connectivity index (χ4v) is 2.19. The molecule has 2 N–H and O–H groups in total. The first-order valence-corrected chi connectivity index (χ1v) is 5.98. The van der Waals surface area contributed by atoms with Gasteiger partial charge in [0.15, 0.2) is 0 Å². The number of anilines is 1. The Hall–Kier alpha value is -1.69. The van der Waals surface area contributed by atoms with Gasteiger partial charge in [-0.1, -0.05) is 18.3 Å². The summed E-state index contributed by atoms with van der Waals surface area (Å²) in [6.45, 7) is 1.46. The number of hydrogen-bond donors (Lipinski definition) is 1. The van der Waals surface area contributed by atoms with Crippen molar-refractivity contribution in [2.75, 3.05) is 31.6 Å². The Balaban J connectivity index is 2.37. The molecule has 0 aliphatic carbocycles. The van der Waals surface area contributed by atoms with Gasteiger partial charge in [0, 0.05) is 20.1 Å². The average molecular weight is 267 g/mol. The molecule has 1 saturated heterocycles. The molecule has 2 rings (SSSR count). The second kappa shape index (κ2) is 4.89. The minimum atomic E-state index is -0.452. The van der Waals surface area contributed by atoms with Crippen molar-refractivity contribution in [1.82, 2.24) is 4.90 Å². The van der Waals surface area contributed by atoms with Crippen molar-refractivity contribution < 1.29 is 9.18 Å². The van der Waals surface area contributed by atoms with E-state index in [0.29, 0.717) is 18.8 Å². The number of hydrogen-bond acceptors (Lipinski definition) is 3. The van der Waals surface area contributed by atoms with Gasteiger partial charge in [-0.05, 0) is 12.1 Å². The quantitative estimate of drug-likeness (QED) is 0.803. The standard InChI is InChI=1S/C12H14FN3OS/c1-15-5-6-16(7-10(15)17)9-4-2-3-8(13)11(9)12(14)18/h2-4H,5-7H2,1H3,(H2,14,18). The maximum atomic E-state index is 13.7. The Labute approximate surface area is 110 Å². The number of halogens is 1. The molecule has 1 aromatic carbocycles. The van der Waals surface area contributed by atoms with Gasteiger partial charge in [-0.2, -0.15) is 0 Å². The molecule has 0 aromatic heterocycles. The Morgan fingerprint density at radius 2 is 2.17 bits per heavy atom. The van der Waals surface area contributed by atoms with Crippen molar-refractivity contribution in [3.63, 3.8) is 0 Å². The molecular weight excluding hydrogens is 253 g/mol. The van der Waals surface area contributed by atoms with Crippen LogP contribution >= 0.6 is 12.2 Å². The van der Waals surface area contributed by atoms with Crippen molar-refractivity contribution in [3.05, 3.63) is 29.6 Å². The summed E-state index contributed by atoms with van der Waals surface area (Å²) < 4.78 is 13.7. The van der Waals surface area contributed by atoms with Gasteiger partial charge in [-0.15, -0.1) is 0 Å². The lowest BCUT2D eigenvalue weighted by atomic mass is 10.1. The lowest BCUT2D eigenvalue weighted by Gasteiger charge is -2.34. The predicted molar refractivity (Wildman–Crippen MR) is 72.1 cm³/mol. The third kappa shape index (κ3) is 2.28. The third-order valence-electron chi connectivity index (χ3n) is 3.04. The van der Waals surface area contributed by atoms with Crippen LogP contribution in [0.4, 0.5) is 10.1 Å². The largest absolute Gasteiger partial charge is 0.389 e. The van der Waals surface area contributed by atoms with Gasteiger partial charge >= 0.3 is 0 Å². The molecule has 0 unspecified atom stereocenters. The predicted octanol–water partition coefficient (Wildman–Crippen LogP) is 0.738. The summed E-state index contributed by atoms with van der Waals surface area (Å²) >= 11 is 4.87. The number of nitrogens with two attached hydrogens (primary N) is 1. The maximum absolute atomic E-state index is 13.7. The van der Waals surface area contributed by atoms with E-state index in [-0.39, 0.29) is 23.0 Å². The zero-order chi connectivity index (χ0) is 13.3. The first-order chi connectivity index (χ1) is 8.50. The number of amides is 1. The zero-order valence-electron chi connectivity index (χ0n) is 10.0. The van der Waals surface area contributed by atoms with Crippen LogP contribution in [0.15, 0.2) is 18.2 Å². The fraction of sp³-hybridized carbons (Fsp3) is 0.333. The van der Waals surface area contributed by atoms with Gasteiger partial charge < -0.3 is 15.5 Å². The normalized spacial score (nSPS) is 16.0.